The van der Waals surface area contributed by atoms with Crippen LogP contribution in [0.5, 0.6) is 0 Å². The van der Waals surface area contributed by atoms with Gasteiger partial charge in [-0.2, -0.15) is 0 Å². The third kappa shape index (κ3) is 3.08. The van der Waals surface area contributed by atoms with E-state index in [1.54, 1.807) is 20.0 Å². The Hall–Kier alpha value is -1.53. The topological polar surface area (TPSA) is 85.3 Å². The minimum Gasteiger partial charge on any atom is -0.328 e. The summed E-state index contributed by atoms with van der Waals surface area (Å²) in [7, 11) is 0. The second-order valence-corrected chi connectivity index (χ2v) is 5.23. The summed E-state index contributed by atoms with van der Waals surface area (Å²) in [6.07, 6.45) is 3.55. The molecule has 6 nitrogen and oxygen atoms in total. The van der Waals surface area contributed by atoms with Gasteiger partial charge in [-0.1, -0.05) is 0 Å². The molecule has 2 rings (SSSR count). The molecule has 1 aromatic rings. The van der Waals surface area contributed by atoms with Crippen LogP contribution in [-0.2, 0) is 6.54 Å². The lowest BCUT2D eigenvalue weighted by atomic mass is 10.0. The second-order valence-electron chi connectivity index (χ2n) is 5.23. The number of nitro groups is 1. The van der Waals surface area contributed by atoms with Gasteiger partial charge in [-0.25, -0.2) is 0 Å². The molecule has 1 aliphatic rings. The van der Waals surface area contributed by atoms with Gasteiger partial charge < -0.3 is 5.73 Å². The first-order valence-electron chi connectivity index (χ1n) is 6.56. The minimum absolute atomic E-state index is 0.193. The van der Waals surface area contributed by atoms with Gasteiger partial charge in [0.1, 0.15) is 0 Å². The molecule has 6 heteroatoms. The van der Waals surface area contributed by atoms with Crippen LogP contribution in [0.15, 0.2) is 6.20 Å². The van der Waals surface area contributed by atoms with E-state index in [2.05, 4.69) is 9.88 Å². The fourth-order valence-electron chi connectivity index (χ4n) is 2.53. The first-order valence-corrected chi connectivity index (χ1v) is 6.56. The predicted molar refractivity (Wildman–Crippen MR) is 72.9 cm³/mol. The lowest BCUT2D eigenvalue weighted by Crippen LogP contribution is -2.39. The first-order chi connectivity index (χ1) is 8.99. The van der Waals surface area contributed by atoms with Crippen molar-refractivity contribution in [2.75, 3.05) is 13.1 Å². The highest BCUT2D eigenvalue weighted by Gasteiger charge is 2.22. The fraction of sp³-hybridized carbons (Fsp3) is 0.615. The number of aromatic nitrogens is 1. The van der Waals surface area contributed by atoms with Gasteiger partial charge in [-0.15, -0.1) is 0 Å². The monoisotopic (exact) mass is 264 g/mol. The normalized spacial score (nSPS) is 17.6. The Morgan fingerprint density at radius 2 is 2.11 bits per heavy atom. The Morgan fingerprint density at radius 1 is 1.47 bits per heavy atom. The van der Waals surface area contributed by atoms with E-state index in [1.165, 1.54) is 0 Å². The van der Waals surface area contributed by atoms with Gasteiger partial charge in [0.15, 0.2) is 0 Å². The Kier molecular flexibility index (Phi) is 4.11. The lowest BCUT2D eigenvalue weighted by Gasteiger charge is -2.30. The van der Waals surface area contributed by atoms with E-state index in [-0.39, 0.29) is 16.7 Å². The quantitative estimate of drug-likeness (QED) is 0.661. The molecule has 0 bridgehead atoms. The molecule has 0 amide bonds. The molecule has 0 unspecified atom stereocenters. The van der Waals surface area contributed by atoms with Crippen LogP contribution in [0.1, 0.15) is 29.7 Å². The van der Waals surface area contributed by atoms with Crippen molar-refractivity contribution in [1.29, 1.82) is 0 Å². The van der Waals surface area contributed by atoms with Gasteiger partial charge in [0.25, 0.3) is 5.69 Å². The maximum absolute atomic E-state index is 11.1. The zero-order valence-electron chi connectivity index (χ0n) is 11.4. The van der Waals surface area contributed by atoms with E-state index in [0.29, 0.717) is 17.7 Å². The lowest BCUT2D eigenvalue weighted by molar-refractivity contribution is -0.386. The number of rotatable bonds is 3. The molecular formula is C13H20N4O2. The summed E-state index contributed by atoms with van der Waals surface area (Å²) in [5.41, 5.74) is 8.16. The number of piperidine rings is 1. The summed E-state index contributed by atoms with van der Waals surface area (Å²) in [5, 5.41) is 11.1. The van der Waals surface area contributed by atoms with Crippen LogP contribution in [0.2, 0.25) is 0 Å². The molecule has 0 aliphatic carbocycles. The number of hydrogen-bond acceptors (Lipinski definition) is 5. The molecule has 0 spiro atoms. The molecule has 0 radical (unpaired) electrons. The van der Waals surface area contributed by atoms with Gasteiger partial charge in [-0.3, -0.25) is 20.0 Å². The zero-order chi connectivity index (χ0) is 14.0. The average Bonchev–Trinajstić information content (AvgIpc) is 2.35. The summed E-state index contributed by atoms with van der Waals surface area (Å²) >= 11 is 0. The first kappa shape index (κ1) is 13.9. The molecule has 1 aromatic heterocycles. The third-order valence-corrected chi connectivity index (χ3v) is 3.76. The van der Waals surface area contributed by atoms with Gasteiger partial charge in [0, 0.05) is 43.0 Å². The van der Waals surface area contributed by atoms with Crippen molar-refractivity contribution in [3.8, 4) is 0 Å². The van der Waals surface area contributed by atoms with Crippen LogP contribution in [0.3, 0.4) is 0 Å². The van der Waals surface area contributed by atoms with E-state index in [0.717, 1.165) is 31.6 Å². The van der Waals surface area contributed by atoms with E-state index in [1.807, 2.05) is 0 Å². The second kappa shape index (κ2) is 5.63. The number of hydrogen-bond donors (Lipinski definition) is 1. The van der Waals surface area contributed by atoms with Crippen LogP contribution in [-0.4, -0.2) is 33.9 Å². The molecule has 0 saturated carbocycles. The molecule has 0 aromatic carbocycles. The Bertz CT molecular complexity index is 482. The van der Waals surface area contributed by atoms with Crippen molar-refractivity contribution in [3.63, 3.8) is 0 Å². The maximum Gasteiger partial charge on any atom is 0.278 e. The molecule has 1 fully saturated rings. The highest BCUT2D eigenvalue weighted by Crippen LogP contribution is 2.25. The minimum atomic E-state index is -0.317. The largest absolute Gasteiger partial charge is 0.328 e. The molecule has 2 N–H and O–H groups in total. The van der Waals surface area contributed by atoms with Crippen LogP contribution in [0.25, 0.3) is 0 Å². The summed E-state index contributed by atoms with van der Waals surface area (Å²) < 4.78 is 0. The van der Waals surface area contributed by atoms with Gasteiger partial charge in [0.2, 0.25) is 0 Å². The summed E-state index contributed by atoms with van der Waals surface area (Å²) in [4.78, 5) is 17.4. The van der Waals surface area contributed by atoms with E-state index in [4.69, 9.17) is 5.73 Å². The molecule has 2 heterocycles. The third-order valence-electron chi connectivity index (χ3n) is 3.76. The number of pyridine rings is 1. The summed E-state index contributed by atoms with van der Waals surface area (Å²) in [6.45, 7) is 6.04. The molecule has 1 saturated heterocycles. The standard InChI is InChI=1S/C13H20N4O2/c1-9-7-15-12(10(2)13(9)17(18)19)8-16-5-3-11(14)4-6-16/h7,11H,3-6,8,14H2,1-2H3. The molecule has 0 atom stereocenters. The number of nitrogens with two attached hydrogens (primary N) is 1. The van der Waals surface area contributed by atoms with Crippen molar-refractivity contribution in [2.45, 2.75) is 39.3 Å². The predicted octanol–water partition coefficient (Wildman–Crippen LogP) is 1.53. The van der Waals surface area contributed by atoms with Gasteiger partial charge in [0.05, 0.1) is 10.6 Å². The van der Waals surface area contributed by atoms with Gasteiger partial charge >= 0.3 is 0 Å². The van der Waals surface area contributed by atoms with Crippen LogP contribution in [0.4, 0.5) is 5.69 Å². The Balaban J connectivity index is 2.17. The molecule has 104 valence electrons. The zero-order valence-corrected chi connectivity index (χ0v) is 11.4. The van der Waals surface area contributed by atoms with Gasteiger partial charge in [-0.05, 0) is 26.7 Å². The Labute approximate surface area is 112 Å². The van der Waals surface area contributed by atoms with Crippen molar-refractivity contribution >= 4 is 5.69 Å². The van der Waals surface area contributed by atoms with E-state index < -0.39 is 0 Å². The smallest absolute Gasteiger partial charge is 0.278 e. The molecular weight excluding hydrogens is 244 g/mol. The fourth-order valence-corrected chi connectivity index (χ4v) is 2.53. The van der Waals surface area contributed by atoms with Crippen LogP contribution >= 0.6 is 0 Å². The van der Waals surface area contributed by atoms with Crippen molar-refractivity contribution in [2.24, 2.45) is 5.73 Å². The maximum atomic E-state index is 11.1. The van der Waals surface area contributed by atoms with Crippen molar-refractivity contribution < 1.29 is 4.92 Å². The van der Waals surface area contributed by atoms with Crippen LogP contribution in [0, 0.1) is 24.0 Å². The number of aryl methyl sites for hydroxylation is 1. The van der Waals surface area contributed by atoms with E-state index >= 15 is 0 Å². The highest BCUT2D eigenvalue weighted by atomic mass is 16.6. The summed E-state index contributed by atoms with van der Waals surface area (Å²) in [6, 6.07) is 0.290. The number of nitrogens with zero attached hydrogens (tertiary/aromatic N) is 3. The van der Waals surface area contributed by atoms with Crippen LogP contribution < -0.4 is 5.73 Å². The average molecular weight is 264 g/mol. The summed E-state index contributed by atoms with van der Waals surface area (Å²) in [5.74, 6) is 0. The molecule has 19 heavy (non-hydrogen) atoms. The van der Waals surface area contributed by atoms with Crippen molar-refractivity contribution in [3.05, 3.63) is 33.1 Å². The number of likely N-dealkylation sites (tertiary alicyclic amines) is 1. The highest BCUT2D eigenvalue weighted by molar-refractivity contribution is 5.47. The molecule has 1 aliphatic heterocycles. The van der Waals surface area contributed by atoms with Crippen molar-refractivity contribution in [1.82, 2.24) is 9.88 Å². The van der Waals surface area contributed by atoms with E-state index in [9.17, 15) is 10.1 Å². The Morgan fingerprint density at radius 3 is 2.68 bits per heavy atom. The SMILES string of the molecule is Cc1cnc(CN2CCC(N)CC2)c(C)c1[N+](=O)[O-].